The van der Waals surface area contributed by atoms with Crippen molar-refractivity contribution in [2.24, 2.45) is 0 Å². The van der Waals surface area contributed by atoms with Crippen LogP contribution < -0.4 is 16.1 Å². The van der Waals surface area contributed by atoms with Gasteiger partial charge < -0.3 is 20.7 Å². The minimum atomic E-state index is -1.59. The van der Waals surface area contributed by atoms with E-state index in [1.807, 2.05) is 111 Å². The Labute approximate surface area is 401 Å². The fraction of sp³-hybridized carbons (Fsp3) is 0.0741. The molecule has 0 saturated heterocycles. The Hall–Kier alpha value is -7.78. The monoisotopic (exact) mass is 964 g/mol. The molecule has 14 heteroatoms. The molecule has 336 valence electrons. The molecule has 0 radical (unpaired) electrons. The second kappa shape index (κ2) is 22.1. The number of fused-ring (bicyclic) bond motifs is 2. The third-order valence-corrected chi connectivity index (χ3v) is 11.2. The largest absolute Gasteiger partial charge is 0.488 e. The zero-order chi connectivity index (χ0) is 47.4. The molecule has 0 unspecified atom stereocenters. The van der Waals surface area contributed by atoms with E-state index in [0.29, 0.717) is 13.1 Å². The Morgan fingerprint density at radius 2 is 1.00 bits per heavy atom. The Morgan fingerprint density at radius 1 is 0.485 bits per heavy atom. The highest BCUT2D eigenvalue weighted by molar-refractivity contribution is 9.10. The van der Waals surface area contributed by atoms with Crippen LogP contribution in [0.5, 0.6) is 0 Å². The summed E-state index contributed by atoms with van der Waals surface area (Å²) in [6, 6.07) is 44.3. The van der Waals surface area contributed by atoms with Crippen LogP contribution in [0.2, 0.25) is 0 Å². The van der Waals surface area contributed by atoms with Crippen LogP contribution in [0.1, 0.15) is 22.5 Å². The lowest BCUT2D eigenvalue weighted by molar-refractivity contribution is 0.425. The number of hydrogen-bond acceptors (Lipinski definition) is 10. The maximum atomic E-state index is 13.6. The number of hydrogen-bond donors (Lipinski definition) is 4. The summed E-state index contributed by atoms with van der Waals surface area (Å²) in [7, 11) is -1.59. The summed E-state index contributed by atoms with van der Waals surface area (Å²) in [6.45, 7) is 5.24. The number of aromatic nitrogens is 6. The van der Waals surface area contributed by atoms with Gasteiger partial charge in [-0.25, -0.2) is 18.7 Å². The summed E-state index contributed by atoms with van der Waals surface area (Å²) in [5.74, 6) is 0.981. The Kier molecular flexibility index (Phi) is 15.2. The summed E-state index contributed by atoms with van der Waals surface area (Å²) in [6.07, 6.45) is 11.0. The maximum Gasteiger partial charge on any atom is 0.488 e. The van der Waals surface area contributed by atoms with Gasteiger partial charge in [0.15, 0.2) is 0 Å². The first-order valence-corrected chi connectivity index (χ1v) is 22.4. The van der Waals surface area contributed by atoms with Crippen LogP contribution in [0.15, 0.2) is 187 Å². The zero-order valence-corrected chi connectivity index (χ0v) is 38.6. The summed E-state index contributed by atoms with van der Waals surface area (Å²) in [4.78, 5) is 26.6. The molecular weight excluding hydrogens is 921 g/mol. The SMILES string of the molecule is Cc1cc(-c2ccc(CNc3nccc4cc(-c5cccc(F)c5)ccc34)cn2)ccn1.Cc1cc(-c2ccc(CNc3nccc4cc(Br)ccc34)cn2)ccn1.OB(O)c1cccc(F)c1. The molecular formula is C54H44BBrF2N8O2. The van der Waals surface area contributed by atoms with Crippen molar-refractivity contribution in [1.29, 1.82) is 0 Å². The van der Waals surface area contributed by atoms with Crippen molar-refractivity contribution < 1.29 is 18.8 Å². The van der Waals surface area contributed by atoms with E-state index in [1.165, 1.54) is 24.3 Å². The van der Waals surface area contributed by atoms with Crippen molar-refractivity contribution in [1.82, 2.24) is 29.9 Å². The van der Waals surface area contributed by atoms with E-state index in [2.05, 4.69) is 86.8 Å². The van der Waals surface area contributed by atoms with E-state index in [4.69, 9.17) is 10.0 Å². The Bertz CT molecular complexity index is 3310. The first kappa shape index (κ1) is 46.7. The van der Waals surface area contributed by atoms with E-state index in [1.54, 1.807) is 24.5 Å². The van der Waals surface area contributed by atoms with Crippen LogP contribution >= 0.6 is 15.9 Å². The molecule has 0 fully saturated rings. The third-order valence-electron chi connectivity index (χ3n) is 10.7. The van der Waals surface area contributed by atoms with Crippen LogP contribution in [-0.4, -0.2) is 47.1 Å². The zero-order valence-electron chi connectivity index (χ0n) is 37.0. The predicted octanol–water partition coefficient (Wildman–Crippen LogP) is 11.3. The number of anilines is 2. The second-order valence-corrected chi connectivity index (χ2v) is 16.7. The van der Waals surface area contributed by atoms with Gasteiger partial charge in [0.05, 0.1) is 11.4 Å². The highest BCUT2D eigenvalue weighted by Crippen LogP contribution is 2.29. The molecule has 4 aromatic carbocycles. The molecule has 0 aliphatic heterocycles. The average molecular weight is 966 g/mol. The molecule has 6 aromatic heterocycles. The van der Waals surface area contributed by atoms with Gasteiger partial charge in [0.25, 0.3) is 0 Å². The van der Waals surface area contributed by atoms with Crippen LogP contribution in [0, 0.1) is 25.5 Å². The van der Waals surface area contributed by atoms with Crippen molar-refractivity contribution in [2.45, 2.75) is 26.9 Å². The van der Waals surface area contributed by atoms with Gasteiger partial charge in [-0.1, -0.05) is 64.5 Å². The standard InChI is InChI=1S/C27H21FN4.C21H17BrN4.C6H6BFO2/c1-18-13-23(10-11-29-18)26-8-5-19(16-31-26)17-32-27-25-7-6-21(14-22(25)9-12-30-27)20-3-2-4-24(28)15-20;1-14-10-17(7-8-23-14)20-5-2-15(12-25-20)13-26-21-19-4-3-18(22)11-16(19)6-9-24-21;8-6-3-1-2-5(4-6)7(9)10/h2-16H,17H2,1H3,(H,30,32);2-12H,13H2,1H3,(H,24,26);1-4,9-10H. The summed E-state index contributed by atoms with van der Waals surface area (Å²) in [5.41, 5.74) is 10.1. The number of nitrogens with zero attached hydrogens (tertiary/aromatic N) is 6. The van der Waals surface area contributed by atoms with Gasteiger partial charge >= 0.3 is 7.12 Å². The van der Waals surface area contributed by atoms with Gasteiger partial charge in [-0.3, -0.25) is 19.9 Å². The van der Waals surface area contributed by atoms with Crippen molar-refractivity contribution in [3.8, 4) is 33.6 Å². The molecule has 0 spiro atoms. The average Bonchev–Trinajstić information content (AvgIpc) is 3.35. The lowest BCUT2D eigenvalue weighted by atomic mass is 9.80. The third kappa shape index (κ3) is 12.4. The van der Waals surface area contributed by atoms with E-state index < -0.39 is 12.9 Å². The summed E-state index contributed by atoms with van der Waals surface area (Å²) >= 11 is 3.51. The molecule has 0 aliphatic carbocycles. The van der Waals surface area contributed by atoms with Crippen molar-refractivity contribution >= 4 is 61.7 Å². The number of pyridine rings is 6. The maximum absolute atomic E-state index is 13.6. The van der Waals surface area contributed by atoms with E-state index in [-0.39, 0.29) is 11.3 Å². The molecule has 0 aliphatic rings. The minimum Gasteiger partial charge on any atom is -0.423 e. The molecule has 68 heavy (non-hydrogen) atoms. The van der Waals surface area contributed by atoms with Crippen LogP contribution in [-0.2, 0) is 13.1 Å². The molecule has 0 atom stereocenters. The predicted molar refractivity (Wildman–Crippen MR) is 272 cm³/mol. The fourth-order valence-corrected chi connectivity index (χ4v) is 7.68. The van der Waals surface area contributed by atoms with E-state index >= 15 is 0 Å². The smallest absolute Gasteiger partial charge is 0.423 e. The number of benzene rings is 4. The van der Waals surface area contributed by atoms with Gasteiger partial charge in [0.2, 0.25) is 0 Å². The fourth-order valence-electron chi connectivity index (χ4n) is 7.30. The normalized spacial score (nSPS) is 10.7. The lowest BCUT2D eigenvalue weighted by Crippen LogP contribution is -2.29. The molecule has 0 amide bonds. The lowest BCUT2D eigenvalue weighted by Gasteiger charge is -2.11. The minimum absolute atomic E-state index is 0.167. The number of rotatable bonds is 10. The molecule has 4 N–H and O–H groups in total. The Morgan fingerprint density at radius 3 is 1.50 bits per heavy atom. The van der Waals surface area contributed by atoms with Crippen molar-refractivity contribution in [3.63, 3.8) is 0 Å². The van der Waals surface area contributed by atoms with Gasteiger partial charge in [0.1, 0.15) is 23.3 Å². The first-order valence-electron chi connectivity index (χ1n) is 21.6. The van der Waals surface area contributed by atoms with Crippen LogP contribution in [0.4, 0.5) is 20.4 Å². The quantitative estimate of drug-likeness (QED) is 0.0979. The van der Waals surface area contributed by atoms with Gasteiger partial charge in [0, 0.05) is 88.0 Å². The highest BCUT2D eigenvalue weighted by atomic mass is 79.9. The van der Waals surface area contributed by atoms with Crippen molar-refractivity contribution in [3.05, 3.63) is 221 Å². The number of halogens is 3. The van der Waals surface area contributed by atoms with Gasteiger partial charge in [-0.05, 0) is 149 Å². The highest BCUT2D eigenvalue weighted by Gasteiger charge is 2.11. The molecule has 0 saturated carbocycles. The van der Waals surface area contributed by atoms with E-state index in [0.717, 1.165) is 99.9 Å². The second-order valence-electron chi connectivity index (χ2n) is 15.7. The van der Waals surface area contributed by atoms with E-state index in [9.17, 15) is 8.78 Å². The molecule has 10 nitrogen and oxygen atoms in total. The van der Waals surface area contributed by atoms with Crippen LogP contribution in [0.3, 0.4) is 0 Å². The summed E-state index contributed by atoms with van der Waals surface area (Å²) < 4.78 is 27.0. The Balaban J connectivity index is 0.000000155. The molecule has 6 heterocycles. The number of aryl methyl sites for hydroxylation is 2. The topological polar surface area (TPSA) is 142 Å². The molecule has 10 rings (SSSR count). The first-order chi connectivity index (χ1) is 33.0. The molecule has 10 aromatic rings. The summed E-state index contributed by atoms with van der Waals surface area (Å²) in [5, 5.41) is 28.2. The van der Waals surface area contributed by atoms with Crippen LogP contribution in [0.25, 0.3) is 55.2 Å². The van der Waals surface area contributed by atoms with Gasteiger partial charge in [-0.15, -0.1) is 0 Å². The molecule has 0 bridgehead atoms. The van der Waals surface area contributed by atoms with Gasteiger partial charge in [-0.2, -0.15) is 0 Å². The number of nitrogens with one attached hydrogen (secondary N) is 2. The van der Waals surface area contributed by atoms with Crippen molar-refractivity contribution in [2.75, 3.05) is 10.6 Å².